The molecule has 0 aromatic heterocycles. The second-order valence-corrected chi connectivity index (χ2v) is 9.95. The molecule has 1 saturated heterocycles. The topological polar surface area (TPSA) is 71.0 Å². The van der Waals surface area contributed by atoms with Crippen LogP contribution in [0.15, 0.2) is 58.0 Å². The van der Waals surface area contributed by atoms with Crippen molar-refractivity contribution in [1.82, 2.24) is 4.90 Å². The summed E-state index contributed by atoms with van der Waals surface area (Å²) in [6.45, 7) is 2.80. The minimum Gasteiger partial charge on any atom is -0.497 e. The molecule has 2 aromatic rings. The van der Waals surface area contributed by atoms with Crippen molar-refractivity contribution in [3.05, 3.63) is 53.0 Å². The van der Waals surface area contributed by atoms with Gasteiger partial charge in [-0.25, -0.2) is 4.99 Å². The van der Waals surface area contributed by atoms with E-state index in [1.165, 1.54) is 24.6 Å². The van der Waals surface area contributed by atoms with E-state index in [-0.39, 0.29) is 18.2 Å². The number of anilines is 1. The zero-order valence-corrected chi connectivity index (χ0v) is 21.5. The average Bonchev–Trinajstić information content (AvgIpc) is 2.80. The maximum Gasteiger partial charge on any atom is 0.238 e. The quantitative estimate of drug-likeness (QED) is 0.360. The van der Waals surface area contributed by atoms with Crippen LogP contribution in [0.3, 0.4) is 0 Å². The summed E-state index contributed by atoms with van der Waals surface area (Å²) in [5.41, 5.74) is 1.41. The van der Waals surface area contributed by atoms with Crippen LogP contribution in [0.2, 0.25) is 0 Å². The number of thioether (sulfide) groups is 1. The summed E-state index contributed by atoms with van der Waals surface area (Å²) >= 11 is 4.76. The fourth-order valence-electron chi connectivity index (χ4n) is 3.49. The number of carbonyl (C=O) groups excluding carboxylic acids is 2. The van der Waals surface area contributed by atoms with Gasteiger partial charge in [-0.05, 0) is 48.9 Å². The maximum absolute atomic E-state index is 13.1. The highest BCUT2D eigenvalue weighted by molar-refractivity contribution is 9.10. The standard InChI is InChI=1S/C25H30BrN3O3S/c1-3-4-5-6-7-15-29-23(30)17-22(24(31)27-20-10-8-9-18(26)16-20)33-25(29)28-19-11-13-21(32-2)14-12-19/h8-14,16,22H,3-7,15,17H2,1-2H3,(H,27,31). The molecule has 1 unspecified atom stereocenters. The highest BCUT2D eigenvalue weighted by atomic mass is 79.9. The first-order valence-corrected chi connectivity index (χ1v) is 12.9. The van der Waals surface area contributed by atoms with E-state index in [0.29, 0.717) is 17.4 Å². The van der Waals surface area contributed by atoms with Gasteiger partial charge < -0.3 is 10.1 Å². The van der Waals surface area contributed by atoms with Crippen molar-refractivity contribution >= 4 is 56.0 Å². The number of nitrogens with one attached hydrogen (secondary N) is 1. The molecule has 1 aliphatic heterocycles. The van der Waals surface area contributed by atoms with Crippen molar-refractivity contribution in [2.45, 2.75) is 50.7 Å². The zero-order valence-electron chi connectivity index (χ0n) is 19.1. The summed E-state index contributed by atoms with van der Waals surface area (Å²) in [5, 5.41) is 2.96. The molecule has 8 heteroatoms. The van der Waals surface area contributed by atoms with Crippen molar-refractivity contribution in [3.8, 4) is 5.75 Å². The fraction of sp³-hybridized carbons (Fsp3) is 0.400. The Morgan fingerprint density at radius 1 is 1.18 bits per heavy atom. The van der Waals surface area contributed by atoms with E-state index in [2.05, 4.69) is 28.2 Å². The highest BCUT2D eigenvalue weighted by Gasteiger charge is 2.35. The van der Waals surface area contributed by atoms with E-state index in [4.69, 9.17) is 9.73 Å². The van der Waals surface area contributed by atoms with Crippen molar-refractivity contribution in [2.75, 3.05) is 19.0 Å². The molecule has 3 rings (SSSR count). The second-order valence-electron chi connectivity index (χ2n) is 7.86. The van der Waals surface area contributed by atoms with Gasteiger partial charge in [0.15, 0.2) is 5.17 Å². The lowest BCUT2D eigenvalue weighted by Gasteiger charge is -2.32. The average molecular weight is 533 g/mol. The molecule has 176 valence electrons. The number of carbonyl (C=O) groups is 2. The molecule has 33 heavy (non-hydrogen) atoms. The van der Waals surface area contributed by atoms with Gasteiger partial charge in [0, 0.05) is 23.1 Å². The number of methoxy groups -OCH3 is 1. The highest BCUT2D eigenvalue weighted by Crippen LogP contribution is 2.31. The molecule has 0 bridgehead atoms. The van der Waals surface area contributed by atoms with Crippen LogP contribution in [0.25, 0.3) is 0 Å². The van der Waals surface area contributed by atoms with Gasteiger partial charge in [0.2, 0.25) is 11.8 Å². The Balaban J connectivity index is 1.76. The number of ether oxygens (including phenoxy) is 1. The van der Waals surface area contributed by atoms with Crippen molar-refractivity contribution in [2.24, 2.45) is 4.99 Å². The predicted octanol–water partition coefficient (Wildman–Crippen LogP) is 6.39. The molecule has 1 fully saturated rings. The lowest BCUT2D eigenvalue weighted by molar-refractivity contribution is -0.129. The number of benzene rings is 2. The molecule has 2 aromatic carbocycles. The molecule has 0 aliphatic carbocycles. The van der Waals surface area contributed by atoms with Gasteiger partial charge in [-0.2, -0.15) is 0 Å². The van der Waals surface area contributed by atoms with E-state index in [0.717, 1.165) is 35.2 Å². The Kier molecular flexibility index (Phi) is 9.81. The Labute approximate surface area is 208 Å². The van der Waals surface area contributed by atoms with E-state index < -0.39 is 5.25 Å². The minimum atomic E-state index is -0.537. The molecule has 1 atom stereocenters. The lowest BCUT2D eigenvalue weighted by Crippen LogP contribution is -2.45. The number of hydrogen-bond acceptors (Lipinski definition) is 5. The second kappa shape index (κ2) is 12.8. The van der Waals surface area contributed by atoms with Gasteiger partial charge in [-0.3, -0.25) is 14.5 Å². The van der Waals surface area contributed by atoms with Gasteiger partial charge in [0.25, 0.3) is 0 Å². The molecular weight excluding hydrogens is 502 g/mol. The number of amidine groups is 1. The van der Waals surface area contributed by atoms with Crippen LogP contribution in [0.4, 0.5) is 11.4 Å². The van der Waals surface area contributed by atoms with Crippen LogP contribution in [0.1, 0.15) is 45.4 Å². The molecule has 0 spiro atoms. The van der Waals surface area contributed by atoms with E-state index >= 15 is 0 Å². The number of aliphatic imine (C=N–C) groups is 1. The van der Waals surface area contributed by atoms with Gasteiger partial charge in [-0.15, -0.1) is 0 Å². The summed E-state index contributed by atoms with van der Waals surface area (Å²) in [4.78, 5) is 32.5. The third kappa shape index (κ3) is 7.61. The first-order chi connectivity index (χ1) is 16.0. The molecule has 1 N–H and O–H groups in total. The van der Waals surface area contributed by atoms with Crippen LogP contribution in [-0.4, -0.2) is 40.8 Å². The summed E-state index contributed by atoms with van der Waals surface area (Å²) in [6, 6.07) is 14.8. The van der Waals surface area contributed by atoms with E-state index in [1.54, 1.807) is 12.0 Å². The van der Waals surface area contributed by atoms with Gasteiger partial charge in [0.1, 0.15) is 11.0 Å². The van der Waals surface area contributed by atoms with Gasteiger partial charge in [-0.1, -0.05) is 66.4 Å². The van der Waals surface area contributed by atoms with E-state index in [1.807, 2.05) is 48.5 Å². The van der Waals surface area contributed by atoms with E-state index in [9.17, 15) is 9.59 Å². The van der Waals surface area contributed by atoms with Crippen LogP contribution in [0.5, 0.6) is 5.75 Å². The Morgan fingerprint density at radius 2 is 1.94 bits per heavy atom. The summed E-state index contributed by atoms with van der Waals surface area (Å²) in [5.74, 6) is 0.479. The molecule has 1 aliphatic rings. The third-order valence-electron chi connectivity index (χ3n) is 5.31. The first kappa shape index (κ1) is 25.3. The monoisotopic (exact) mass is 531 g/mol. The number of halogens is 1. The third-order valence-corrected chi connectivity index (χ3v) is 6.99. The largest absolute Gasteiger partial charge is 0.497 e. The minimum absolute atomic E-state index is 0.0640. The van der Waals surface area contributed by atoms with Gasteiger partial charge >= 0.3 is 0 Å². The lowest BCUT2D eigenvalue weighted by atomic mass is 10.1. The number of rotatable bonds is 10. The summed E-state index contributed by atoms with van der Waals surface area (Å²) in [6.07, 6.45) is 5.69. The predicted molar refractivity (Wildman–Crippen MR) is 139 cm³/mol. The van der Waals surface area contributed by atoms with Crippen LogP contribution < -0.4 is 10.1 Å². The maximum atomic E-state index is 13.1. The number of unbranched alkanes of at least 4 members (excludes halogenated alkanes) is 4. The first-order valence-electron chi connectivity index (χ1n) is 11.3. The molecule has 1 heterocycles. The number of hydrogen-bond donors (Lipinski definition) is 1. The smallest absolute Gasteiger partial charge is 0.238 e. The molecule has 6 nitrogen and oxygen atoms in total. The summed E-state index contributed by atoms with van der Waals surface area (Å²) < 4.78 is 6.10. The zero-order chi connectivity index (χ0) is 23.6. The molecular formula is C25H30BrN3O3S. The Morgan fingerprint density at radius 3 is 2.64 bits per heavy atom. The van der Waals surface area contributed by atoms with Gasteiger partial charge in [0.05, 0.1) is 12.8 Å². The van der Waals surface area contributed by atoms with Crippen molar-refractivity contribution in [3.63, 3.8) is 0 Å². The normalized spacial score (nSPS) is 17.3. The molecule has 0 saturated carbocycles. The SMILES string of the molecule is CCCCCCCN1C(=O)CC(C(=O)Nc2cccc(Br)c2)SC1=Nc1ccc(OC)cc1. The fourth-order valence-corrected chi connectivity index (χ4v) is 5.01. The summed E-state index contributed by atoms with van der Waals surface area (Å²) in [7, 11) is 1.62. The Bertz CT molecular complexity index is 981. The van der Waals surface area contributed by atoms with Crippen LogP contribution in [-0.2, 0) is 9.59 Å². The van der Waals surface area contributed by atoms with Crippen LogP contribution in [0, 0.1) is 0 Å². The van der Waals surface area contributed by atoms with Crippen molar-refractivity contribution < 1.29 is 14.3 Å². The Hall–Kier alpha value is -2.32. The van der Waals surface area contributed by atoms with Crippen LogP contribution >= 0.6 is 27.7 Å². The van der Waals surface area contributed by atoms with Crippen molar-refractivity contribution in [1.29, 1.82) is 0 Å². The number of amides is 2. The molecule has 0 radical (unpaired) electrons. The number of nitrogens with zero attached hydrogens (tertiary/aromatic N) is 2. The molecule has 2 amide bonds.